The summed E-state index contributed by atoms with van der Waals surface area (Å²) in [4.78, 5) is 0. The lowest BCUT2D eigenvalue weighted by atomic mass is 10.1. The van der Waals surface area contributed by atoms with Crippen molar-refractivity contribution in [1.82, 2.24) is 0 Å². The van der Waals surface area contributed by atoms with Crippen LogP contribution in [0.5, 0.6) is 0 Å². The molecule has 21 heavy (non-hydrogen) atoms. The van der Waals surface area contributed by atoms with Crippen molar-refractivity contribution in [2.75, 3.05) is 5.32 Å². The number of nitrogens with one attached hydrogen (secondary N) is 1. The van der Waals surface area contributed by atoms with Crippen molar-refractivity contribution in [3.63, 3.8) is 0 Å². The largest absolute Gasteiger partial charge is 0.376 e. The molecule has 0 saturated heterocycles. The molecule has 0 aliphatic heterocycles. The molecule has 0 heterocycles. The normalized spacial score (nSPS) is 10.3. The minimum atomic E-state index is -1.59. The summed E-state index contributed by atoms with van der Waals surface area (Å²) in [7, 11) is 0. The van der Waals surface area contributed by atoms with E-state index in [9.17, 15) is 22.0 Å². The van der Waals surface area contributed by atoms with Gasteiger partial charge in [0.25, 0.3) is 0 Å². The molecule has 2 nitrogen and oxygen atoms in total. The number of nitriles is 1. The van der Waals surface area contributed by atoms with Gasteiger partial charge in [0.1, 0.15) is 11.5 Å². The Morgan fingerprint density at radius 3 is 2.14 bits per heavy atom. The van der Waals surface area contributed by atoms with E-state index in [1.165, 1.54) is 6.07 Å². The van der Waals surface area contributed by atoms with Gasteiger partial charge in [-0.3, -0.25) is 0 Å². The standard InChI is InChI=1S/C14H7F5N2/c15-9-2-1-7(5-20)8(3-9)6-21-14-12(18)10(16)4-11(17)13(14)19/h1-4,21H,6H2. The summed E-state index contributed by atoms with van der Waals surface area (Å²) in [5.74, 6) is -6.96. The van der Waals surface area contributed by atoms with Crippen molar-refractivity contribution >= 4 is 5.69 Å². The summed E-state index contributed by atoms with van der Waals surface area (Å²) in [5.41, 5.74) is -0.844. The minimum absolute atomic E-state index is 0.0709. The second-order valence-electron chi connectivity index (χ2n) is 4.11. The zero-order valence-corrected chi connectivity index (χ0v) is 10.4. The molecule has 7 heteroatoms. The van der Waals surface area contributed by atoms with Crippen LogP contribution in [0, 0.1) is 40.4 Å². The molecule has 0 spiro atoms. The van der Waals surface area contributed by atoms with E-state index in [2.05, 4.69) is 5.32 Å². The average molecular weight is 298 g/mol. The average Bonchev–Trinajstić information content (AvgIpc) is 2.45. The first-order valence-corrected chi connectivity index (χ1v) is 5.69. The Kier molecular flexibility index (Phi) is 4.08. The van der Waals surface area contributed by atoms with E-state index in [1.54, 1.807) is 6.07 Å². The summed E-state index contributed by atoms with van der Waals surface area (Å²) < 4.78 is 66.0. The molecule has 2 rings (SSSR count). The molecule has 0 atom stereocenters. The predicted molar refractivity (Wildman–Crippen MR) is 64.7 cm³/mol. The molecule has 2 aromatic carbocycles. The molecule has 0 saturated carbocycles. The Bertz CT molecular complexity index is 711. The number of nitrogens with zero attached hydrogens (tertiary/aromatic N) is 1. The second kappa shape index (κ2) is 5.79. The van der Waals surface area contributed by atoms with Crippen molar-refractivity contribution < 1.29 is 22.0 Å². The molecule has 2 aromatic rings. The Balaban J connectivity index is 2.34. The van der Waals surface area contributed by atoms with Crippen LogP contribution in [0.15, 0.2) is 24.3 Å². The minimum Gasteiger partial charge on any atom is -0.376 e. The van der Waals surface area contributed by atoms with Crippen LogP contribution >= 0.6 is 0 Å². The predicted octanol–water partition coefficient (Wildman–Crippen LogP) is 3.87. The molecule has 0 aliphatic carbocycles. The molecular formula is C14H7F5N2. The smallest absolute Gasteiger partial charge is 0.185 e. The molecule has 1 N–H and O–H groups in total. The van der Waals surface area contributed by atoms with E-state index in [0.29, 0.717) is 0 Å². The summed E-state index contributed by atoms with van der Waals surface area (Å²) >= 11 is 0. The molecular weight excluding hydrogens is 291 g/mol. The first kappa shape index (κ1) is 14.8. The van der Waals surface area contributed by atoms with Gasteiger partial charge >= 0.3 is 0 Å². The van der Waals surface area contributed by atoms with Crippen LogP contribution < -0.4 is 5.32 Å². The van der Waals surface area contributed by atoms with E-state index in [1.807, 2.05) is 0 Å². The van der Waals surface area contributed by atoms with Gasteiger partial charge in [-0.1, -0.05) is 0 Å². The van der Waals surface area contributed by atoms with Gasteiger partial charge in [0.2, 0.25) is 0 Å². The fraction of sp³-hybridized carbons (Fsp3) is 0.0714. The zero-order chi connectivity index (χ0) is 15.6. The van der Waals surface area contributed by atoms with E-state index < -0.39 is 34.8 Å². The maximum Gasteiger partial charge on any atom is 0.185 e. The summed E-state index contributed by atoms with van der Waals surface area (Å²) in [6, 6.07) is 5.07. The SMILES string of the molecule is N#Cc1ccc(F)cc1CNc1c(F)c(F)cc(F)c1F. The van der Waals surface area contributed by atoms with Crippen LogP contribution in [0.1, 0.15) is 11.1 Å². The Hall–Kier alpha value is -2.62. The van der Waals surface area contributed by atoms with Crippen LogP contribution in [-0.2, 0) is 6.54 Å². The zero-order valence-electron chi connectivity index (χ0n) is 10.4. The van der Waals surface area contributed by atoms with Gasteiger partial charge in [-0.05, 0) is 23.8 Å². The van der Waals surface area contributed by atoms with Crippen LogP contribution in [0.3, 0.4) is 0 Å². The van der Waals surface area contributed by atoms with Gasteiger partial charge in [0.05, 0.1) is 11.6 Å². The summed E-state index contributed by atoms with van der Waals surface area (Å²) in [6.07, 6.45) is 0. The van der Waals surface area contributed by atoms with E-state index >= 15 is 0 Å². The molecule has 0 bridgehead atoms. The monoisotopic (exact) mass is 298 g/mol. The molecule has 0 fully saturated rings. The van der Waals surface area contributed by atoms with Crippen molar-refractivity contribution in [1.29, 1.82) is 5.26 Å². The molecule has 0 unspecified atom stereocenters. The van der Waals surface area contributed by atoms with Crippen LogP contribution in [0.25, 0.3) is 0 Å². The maximum atomic E-state index is 13.4. The quantitative estimate of drug-likeness (QED) is 0.690. The van der Waals surface area contributed by atoms with Gasteiger partial charge in [-0.15, -0.1) is 0 Å². The number of halogens is 5. The van der Waals surface area contributed by atoms with Crippen LogP contribution in [-0.4, -0.2) is 0 Å². The number of benzene rings is 2. The molecule has 0 amide bonds. The highest BCUT2D eigenvalue weighted by Crippen LogP contribution is 2.25. The first-order valence-electron chi connectivity index (χ1n) is 5.69. The van der Waals surface area contributed by atoms with Crippen molar-refractivity contribution in [2.24, 2.45) is 0 Å². The highest BCUT2D eigenvalue weighted by atomic mass is 19.2. The third kappa shape index (κ3) is 2.94. The summed E-state index contributed by atoms with van der Waals surface area (Å²) in [6.45, 7) is -0.378. The third-order valence-electron chi connectivity index (χ3n) is 2.76. The fourth-order valence-electron chi connectivity index (χ4n) is 1.73. The number of rotatable bonds is 3. The highest BCUT2D eigenvalue weighted by Gasteiger charge is 2.19. The van der Waals surface area contributed by atoms with E-state index in [4.69, 9.17) is 5.26 Å². The van der Waals surface area contributed by atoms with E-state index in [0.717, 1.165) is 12.1 Å². The van der Waals surface area contributed by atoms with Crippen molar-refractivity contribution in [3.05, 3.63) is 64.5 Å². The van der Waals surface area contributed by atoms with Gasteiger partial charge in [-0.25, -0.2) is 22.0 Å². The molecule has 0 aliphatic rings. The molecule has 0 radical (unpaired) electrons. The maximum absolute atomic E-state index is 13.4. The topological polar surface area (TPSA) is 35.8 Å². The third-order valence-corrected chi connectivity index (χ3v) is 2.76. The van der Waals surface area contributed by atoms with Crippen molar-refractivity contribution in [2.45, 2.75) is 6.54 Å². The lowest BCUT2D eigenvalue weighted by Gasteiger charge is -2.11. The second-order valence-corrected chi connectivity index (χ2v) is 4.11. The molecule has 108 valence electrons. The van der Waals surface area contributed by atoms with E-state index in [-0.39, 0.29) is 23.7 Å². The Labute approximate surface area is 116 Å². The Morgan fingerprint density at radius 2 is 1.57 bits per heavy atom. The van der Waals surface area contributed by atoms with Crippen molar-refractivity contribution in [3.8, 4) is 6.07 Å². The number of hydrogen-bond donors (Lipinski definition) is 1. The number of anilines is 1. The fourth-order valence-corrected chi connectivity index (χ4v) is 1.73. The summed E-state index contributed by atoms with van der Waals surface area (Å²) in [5, 5.41) is 11.0. The first-order chi connectivity index (χ1) is 9.93. The highest BCUT2D eigenvalue weighted by molar-refractivity contribution is 5.49. The lowest BCUT2D eigenvalue weighted by Crippen LogP contribution is -2.08. The lowest BCUT2D eigenvalue weighted by molar-refractivity contribution is 0.458. The van der Waals surface area contributed by atoms with Gasteiger partial charge in [-0.2, -0.15) is 5.26 Å². The van der Waals surface area contributed by atoms with Crippen LogP contribution in [0.2, 0.25) is 0 Å². The number of hydrogen-bond acceptors (Lipinski definition) is 2. The van der Waals surface area contributed by atoms with Gasteiger partial charge < -0.3 is 5.32 Å². The van der Waals surface area contributed by atoms with Crippen LogP contribution in [0.4, 0.5) is 27.6 Å². The van der Waals surface area contributed by atoms with Gasteiger partial charge in [0, 0.05) is 12.6 Å². The molecule has 0 aromatic heterocycles. The van der Waals surface area contributed by atoms with Gasteiger partial charge in [0.15, 0.2) is 23.3 Å². The Morgan fingerprint density at radius 1 is 0.952 bits per heavy atom.